The number of thiazole rings is 1. The lowest BCUT2D eigenvalue weighted by molar-refractivity contribution is -0.137. The van der Waals surface area contributed by atoms with Gasteiger partial charge in [0.05, 0.1) is 0 Å². The van der Waals surface area contributed by atoms with E-state index in [1.54, 1.807) is 0 Å². The second kappa shape index (κ2) is 6.19. The molecule has 1 fully saturated rings. The van der Waals surface area contributed by atoms with Gasteiger partial charge in [-0.05, 0) is 45.4 Å². The molecule has 1 saturated heterocycles. The molecule has 0 aliphatic carbocycles. The molecule has 0 amide bonds. The van der Waals surface area contributed by atoms with E-state index >= 15 is 0 Å². The molecule has 0 saturated carbocycles. The number of hydrogen-bond acceptors (Lipinski definition) is 4. The second-order valence-electron chi connectivity index (χ2n) is 4.91. The molecule has 19 heavy (non-hydrogen) atoms. The van der Waals surface area contributed by atoms with Crippen LogP contribution in [0.1, 0.15) is 22.7 Å². The van der Waals surface area contributed by atoms with Crippen molar-refractivity contribution in [3.8, 4) is 0 Å². The molecule has 1 N–H and O–H groups in total. The largest absolute Gasteiger partial charge is 0.443 e. The molecule has 3 nitrogen and oxygen atoms in total. The number of hydrogen-bond donors (Lipinski definition) is 1. The molecule has 1 aliphatic rings. The smallest absolute Gasteiger partial charge is 0.319 e. The summed E-state index contributed by atoms with van der Waals surface area (Å²) in [7, 11) is 1.95. The lowest BCUT2D eigenvalue weighted by atomic mass is 9.97. The van der Waals surface area contributed by atoms with Gasteiger partial charge >= 0.3 is 6.18 Å². The average Bonchev–Trinajstić information content (AvgIpc) is 2.80. The van der Waals surface area contributed by atoms with Crippen molar-refractivity contribution in [2.75, 3.05) is 26.7 Å². The Balaban J connectivity index is 1.84. The van der Waals surface area contributed by atoms with Crippen LogP contribution in [-0.4, -0.2) is 36.6 Å². The standard InChI is InChI=1S/C12H18F3N3S/c1-16-6-9-2-4-18(5-3-9)8-10-7-17-11(19-10)12(13,14)15/h7,9,16H,2-6,8H2,1H3. The minimum Gasteiger partial charge on any atom is -0.319 e. The first-order chi connectivity index (χ1) is 8.99. The van der Waals surface area contributed by atoms with Crippen LogP contribution in [0.5, 0.6) is 0 Å². The van der Waals surface area contributed by atoms with E-state index in [1.165, 1.54) is 6.20 Å². The van der Waals surface area contributed by atoms with Gasteiger partial charge in [-0.3, -0.25) is 4.90 Å². The van der Waals surface area contributed by atoms with Gasteiger partial charge in [0, 0.05) is 17.6 Å². The lowest BCUT2D eigenvalue weighted by Gasteiger charge is -2.31. The van der Waals surface area contributed by atoms with E-state index in [-0.39, 0.29) is 0 Å². The highest BCUT2D eigenvalue weighted by molar-refractivity contribution is 7.11. The van der Waals surface area contributed by atoms with Crippen molar-refractivity contribution in [1.82, 2.24) is 15.2 Å². The molecule has 1 aromatic heterocycles. The summed E-state index contributed by atoms with van der Waals surface area (Å²) in [5.74, 6) is 0.688. The number of rotatable bonds is 4. The second-order valence-corrected chi connectivity index (χ2v) is 6.02. The van der Waals surface area contributed by atoms with Crippen LogP contribution in [0.15, 0.2) is 6.20 Å². The minimum absolute atomic E-state index is 0.583. The number of likely N-dealkylation sites (tertiary alicyclic amines) is 1. The van der Waals surface area contributed by atoms with Crippen LogP contribution in [0.25, 0.3) is 0 Å². The quantitative estimate of drug-likeness (QED) is 0.925. The highest BCUT2D eigenvalue weighted by Gasteiger charge is 2.34. The molecule has 1 aliphatic heterocycles. The van der Waals surface area contributed by atoms with Gasteiger partial charge in [-0.15, -0.1) is 11.3 Å². The zero-order valence-corrected chi connectivity index (χ0v) is 11.7. The SMILES string of the molecule is CNCC1CCN(Cc2cnc(C(F)(F)F)s2)CC1. The zero-order chi connectivity index (χ0) is 13.9. The van der Waals surface area contributed by atoms with Crippen molar-refractivity contribution in [3.63, 3.8) is 0 Å². The van der Waals surface area contributed by atoms with E-state index in [0.29, 0.717) is 17.3 Å². The van der Waals surface area contributed by atoms with Crippen LogP contribution in [0.2, 0.25) is 0 Å². The van der Waals surface area contributed by atoms with Gasteiger partial charge in [-0.25, -0.2) is 4.98 Å². The summed E-state index contributed by atoms with van der Waals surface area (Å²) in [6.45, 7) is 3.50. The third kappa shape index (κ3) is 4.15. The first kappa shape index (κ1) is 14.7. The summed E-state index contributed by atoms with van der Waals surface area (Å²) >= 11 is 0.754. The molecule has 2 rings (SSSR count). The van der Waals surface area contributed by atoms with Crippen LogP contribution < -0.4 is 5.32 Å². The third-order valence-electron chi connectivity index (χ3n) is 3.38. The fourth-order valence-corrected chi connectivity index (χ4v) is 3.19. The van der Waals surface area contributed by atoms with Crippen molar-refractivity contribution >= 4 is 11.3 Å². The predicted molar refractivity (Wildman–Crippen MR) is 69.0 cm³/mol. The van der Waals surface area contributed by atoms with Gasteiger partial charge in [0.15, 0.2) is 5.01 Å². The molecule has 0 atom stereocenters. The Hall–Kier alpha value is -0.660. The number of nitrogens with one attached hydrogen (secondary N) is 1. The normalized spacial score (nSPS) is 18.9. The highest BCUT2D eigenvalue weighted by atomic mass is 32.1. The minimum atomic E-state index is -4.32. The molecule has 7 heteroatoms. The number of aromatic nitrogens is 1. The predicted octanol–water partition coefficient (Wildman–Crippen LogP) is 2.59. The summed E-state index contributed by atoms with van der Waals surface area (Å²) in [6.07, 6.45) is -0.757. The summed E-state index contributed by atoms with van der Waals surface area (Å²) in [5, 5.41) is 2.43. The first-order valence-electron chi connectivity index (χ1n) is 6.38. The first-order valence-corrected chi connectivity index (χ1v) is 7.19. The van der Waals surface area contributed by atoms with E-state index in [9.17, 15) is 13.2 Å². The van der Waals surface area contributed by atoms with Crippen LogP contribution in [0.4, 0.5) is 13.2 Å². The Kier molecular flexibility index (Phi) is 4.81. The van der Waals surface area contributed by atoms with Crippen molar-refractivity contribution in [1.29, 1.82) is 0 Å². The Morgan fingerprint density at radius 1 is 1.42 bits per heavy atom. The maximum Gasteiger partial charge on any atom is 0.443 e. The number of alkyl halides is 3. The molecule has 0 spiro atoms. The summed E-state index contributed by atoms with van der Waals surface area (Å²) in [4.78, 5) is 6.36. The van der Waals surface area contributed by atoms with Crippen molar-refractivity contribution in [3.05, 3.63) is 16.1 Å². The molecule has 0 bridgehead atoms. The zero-order valence-electron chi connectivity index (χ0n) is 10.8. The van der Waals surface area contributed by atoms with Gasteiger partial charge in [0.2, 0.25) is 0 Å². The van der Waals surface area contributed by atoms with Gasteiger partial charge < -0.3 is 5.32 Å². The molecule has 0 unspecified atom stereocenters. The van der Waals surface area contributed by atoms with E-state index < -0.39 is 11.2 Å². The van der Waals surface area contributed by atoms with Crippen LogP contribution >= 0.6 is 11.3 Å². The summed E-state index contributed by atoms with van der Waals surface area (Å²) in [5.41, 5.74) is 0. The van der Waals surface area contributed by atoms with Crippen molar-refractivity contribution in [2.24, 2.45) is 5.92 Å². The monoisotopic (exact) mass is 293 g/mol. The number of nitrogens with zero attached hydrogens (tertiary/aromatic N) is 2. The van der Waals surface area contributed by atoms with Gasteiger partial charge in [-0.1, -0.05) is 0 Å². The average molecular weight is 293 g/mol. The fraction of sp³-hybridized carbons (Fsp3) is 0.750. The molecule has 0 radical (unpaired) electrons. The fourth-order valence-electron chi connectivity index (χ4n) is 2.37. The Morgan fingerprint density at radius 2 is 2.11 bits per heavy atom. The molecule has 2 heterocycles. The lowest BCUT2D eigenvalue weighted by Crippen LogP contribution is -2.36. The van der Waals surface area contributed by atoms with E-state index in [4.69, 9.17) is 0 Å². The van der Waals surface area contributed by atoms with Crippen molar-refractivity contribution < 1.29 is 13.2 Å². The van der Waals surface area contributed by atoms with Gasteiger partial charge in [0.25, 0.3) is 0 Å². The Bertz CT molecular complexity index is 397. The van der Waals surface area contributed by atoms with Crippen LogP contribution in [0.3, 0.4) is 0 Å². The maximum atomic E-state index is 12.4. The van der Waals surface area contributed by atoms with E-state index in [2.05, 4.69) is 15.2 Å². The topological polar surface area (TPSA) is 28.2 Å². The molecule has 0 aromatic carbocycles. The van der Waals surface area contributed by atoms with Crippen LogP contribution in [-0.2, 0) is 12.7 Å². The molecule has 1 aromatic rings. The highest BCUT2D eigenvalue weighted by Crippen LogP contribution is 2.33. The Labute approximate surface area is 114 Å². The van der Waals surface area contributed by atoms with E-state index in [0.717, 1.165) is 43.8 Å². The number of halogens is 3. The van der Waals surface area contributed by atoms with E-state index in [1.807, 2.05) is 7.05 Å². The molecular formula is C12H18F3N3S. The number of piperidine rings is 1. The van der Waals surface area contributed by atoms with Crippen LogP contribution in [0, 0.1) is 5.92 Å². The maximum absolute atomic E-state index is 12.4. The van der Waals surface area contributed by atoms with Crippen molar-refractivity contribution in [2.45, 2.75) is 25.6 Å². The van der Waals surface area contributed by atoms with Gasteiger partial charge in [-0.2, -0.15) is 13.2 Å². The molecular weight excluding hydrogens is 275 g/mol. The summed E-state index contributed by atoms with van der Waals surface area (Å²) < 4.78 is 37.3. The van der Waals surface area contributed by atoms with Gasteiger partial charge in [0.1, 0.15) is 0 Å². The third-order valence-corrected chi connectivity index (χ3v) is 4.40. The Morgan fingerprint density at radius 3 is 2.63 bits per heavy atom. The summed E-state index contributed by atoms with van der Waals surface area (Å²) in [6, 6.07) is 0. The molecule has 108 valence electrons.